The van der Waals surface area contributed by atoms with Crippen LogP contribution in [0.4, 0.5) is 4.39 Å². The molecule has 0 aliphatic carbocycles. The average molecular weight is 585 g/mol. The van der Waals surface area contributed by atoms with Gasteiger partial charge in [0.2, 0.25) is 0 Å². The number of nitrogens with zero attached hydrogens (tertiary/aromatic N) is 5. The second kappa shape index (κ2) is 12.0. The molecular formula is C29H37FN6O4S. The van der Waals surface area contributed by atoms with Crippen molar-refractivity contribution in [1.82, 2.24) is 25.0 Å². The van der Waals surface area contributed by atoms with Crippen molar-refractivity contribution in [2.75, 3.05) is 52.5 Å². The van der Waals surface area contributed by atoms with Gasteiger partial charge in [-0.15, -0.1) is 11.3 Å². The number of aromatic nitrogens is 1. The summed E-state index contributed by atoms with van der Waals surface area (Å²) in [5.74, 6) is -1.10. The molecule has 3 aliphatic rings. The number of carbonyl (C=O) groups is 2. The van der Waals surface area contributed by atoms with E-state index in [1.807, 2.05) is 5.38 Å². The Bertz CT molecular complexity index is 1360. The molecule has 2 aromatic rings. The van der Waals surface area contributed by atoms with Crippen molar-refractivity contribution in [1.29, 1.82) is 0 Å². The van der Waals surface area contributed by atoms with E-state index in [4.69, 9.17) is 9.73 Å². The number of aliphatic carboxylic acids is 1. The number of fused-ring (bicyclic) bond motifs is 1. The van der Waals surface area contributed by atoms with Crippen LogP contribution in [0.1, 0.15) is 42.9 Å². The Labute approximate surface area is 243 Å². The molecule has 10 nitrogen and oxygen atoms in total. The number of rotatable bonds is 9. The van der Waals surface area contributed by atoms with Gasteiger partial charge in [-0.3, -0.25) is 24.5 Å². The molecule has 0 spiro atoms. The summed E-state index contributed by atoms with van der Waals surface area (Å²) >= 11 is 1.44. The molecule has 41 heavy (non-hydrogen) atoms. The second-order valence-electron chi connectivity index (χ2n) is 11.5. The van der Waals surface area contributed by atoms with Crippen LogP contribution in [-0.2, 0) is 14.3 Å². The van der Waals surface area contributed by atoms with E-state index in [2.05, 4.69) is 25.0 Å². The van der Waals surface area contributed by atoms with Gasteiger partial charge in [-0.25, -0.2) is 14.2 Å². The third-order valence-corrected chi connectivity index (χ3v) is 8.76. The van der Waals surface area contributed by atoms with Crippen LogP contribution in [-0.4, -0.2) is 101 Å². The molecule has 5 rings (SSSR count). The molecule has 4 heterocycles. The Morgan fingerprint density at radius 1 is 1.24 bits per heavy atom. The number of amidine groups is 1. The van der Waals surface area contributed by atoms with Crippen LogP contribution in [0.25, 0.3) is 0 Å². The molecule has 0 amide bonds. The summed E-state index contributed by atoms with van der Waals surface area (Å²) in [6.45, 7) is 12.0. The highest BCUT2D eigenvalue weighted by Gasteiger charge is 2.40. The Morgan fingerprint density at radius 2 is 2.02 bits per heavy atom. The number of esters is 1. The van der Waals surface area contributed by atoms with Crippen LogP contribution in [0.2, 0.25) is 0 Å². The minimum absolute atomic E-state index is 0.205. The maximum atomic E-state index is 14.7. The molecular weight excluding hydrogens is 547 g/mol. The summed E-state index contributed by atoms with van der Waals surface area (Å²) in [5, 5.41) is 15.5. The minimum atomic E-state index is -0.824. The minimum Gasteiger partial charge on any atom is -0.481 e. The third kappa shape index (κ3) is 6.20. The van der Waals surface area contributed by atoms with Crippen LogP contribution < -0.4 is 5.32 Å². The predicted octanol–water partition coefficient (Wildman–Crippen LogP) is 2.87. The Morgan fingerprint density at radius 3 is 2.73 bits per heavy atom. The van der Waals surface area contributed by atoms with E-state index in [9.17, 15) is 19.1 Å². The molecule has 0 bridgehead atoms. The lowest BCUT2D eigenvalue weighted by Gasteiger charge is -2.38. The van der Waals surface area contributed by atoms with E-state index in [1.165, 1.54) is 17.4 Å². The molecule has 0 unspecified atom stereocenters. The van der Waals surface area contributed by atoms with Crippen LogP contribution >= 0.6 is 11.3 Å². The monoisotopic (exact) mass is 584 g/mol. The zero-order valence-electron chi connectivity index (χ0n) is 23.9. The largest absolute Gasteiger partial charge is 0.481 e. The average Bonchev–Trinajstić information content (AvgIpc) is 3.59. The number of nitrogens with one attached hydrogen (secondary N) is 1. The molecule has 2 atom stereocenters. The van der Waals surface area contributed by atoms with Crippen molar-refractivity contribution in [3.63, 3.8) is 0 Å². The fraction of sp³-hybridized carbons (Fsp3) is 0.517. The quantitative estimate of drug-likeness (QED) is 0.430. The van der Waals surface area contributed by atoms with Gasteiger partial charge in [0.05, 0.1) is 24.3 Å². The van der Waals surface area contributed by atoms with E-state index >= 15 is 0 Å². The van der Waals surface area contributed by atoms with Crippen molar-refractivity contribution in [2.24, 2.45) is 10.4 Å². The lowest BCUT2D eigenvalue weighted by Crippen LogP contribution is -2.52. The van der Waals surface area contributed by atoms with Gasteiger partial charge < -0.3 is 15.2 Å². The topological polar surface area (TPSA) is 111 Å². The number of benzene rings is 1. The number of carboxylic acid groups (broad SMARTS) is 1. The number of ether oxygens (including phenoxy) is 1. The van der Waals surface area contributed by atoms with Crippen molar-refractivity contribution in [3.8, 4) is 0 Å². The third-order valence-electron chi connectivity index (χ3n) is 7.98. The first kappa shape index (κ1) is 29.3. The standard InChI is InChI=1S/C29H37FN6O4S/c1-5-40-27(37)23-22(15-34-10-11-36-17-35(14-19(36)13-34)16-29(3,4)28(38)39)32-25(26-31-9-12-41-26)33-24(23)20-7-6-8-21(30)18(20)2/h6-9,12,19,24H,5,10-11,13-17H2,1-4H3,(H,32,33)(H,38,39)/t19-,24-/m0/s1. The van der Waals surface area contributed by atoms with Crippen molar-refractivity contribution in [3.05, 3.63) is 63.0 Å². The Balaban J connectivity index is 1.44. The van der Waals surface area contributed by atoms with E-state index in [0.29, 0.717) is 46.3 Å². The number of aliphatic imine (C=N–C) groups is 1. The molecule has 2 N–H and O–H groups in total. The molecule has 1 aromatic carbocycles. The summed E-state index contributed by atoms with van der Waals surface area (Å²) in [5.41, 5.74) is 1.27. The van der Waals surface area contributed by atoms with Gasteiger partial charge in [0.15, 0.2) is 10.8 Å². The number of halogens is 1. The van der Waals surface area contributed by atoms with Crippen LogP contribution in [0.5, 0.6) is 0 Å². The fourth-order valence-electron chi connectivity index (χ4n) is 5.80. The maximum Gasteiger partial charge on any atom is 0.338 e. The summed E-state index contributed by atoms with van der Waals surface area (Å²) in [7, 11) is 0. The molecule has 3 aliphatic heterocycles. The van der Waals surface area contributed by atoms with E-state index < -0.39 is 23.4 Å². The second-order valence-corrected chi connectivity index (χ2v) is 12.3. The number of piperazine rings is 1. The molecule has 220 valence electrons. The van der Waals surface area contributed by atoms with E-state index in [-0.39, 0.29) is 18.5 Å². The van der Waals surface area contributed by atoms with Gasteiger partial charge in [-0.05, 0) is 44.9 Å². The molecule has 0 radical (unpaired) electrons. The Kier molecular flexibility index (Phi) is 8.55. The lowest BCUT2D eigenvalue weighted by atomic mass is 9.92. The van der Waals surface area contributed by atoms with Gasteiger partial charge >= 0.3 is 11.9 Å². The fourth-order valence-corrected chi connectivity index (χ4v) is 6.39. The summed E-state index contributed by atoms with van der Waals surface area (Å²) in [6, 6.07) is 4.34. The number of hydrogen-bond donors (Lipinski definition) is 2. The highest BCUT2D eigenvalue weighted by atomic mass is 32.1. The molecule has 0 saturated carbocycles. The first-order chi connectivity index (χ1) is 19.6. The summed E-state index contributed by atoms with van der Waals surface area (Å²) < 4.78 is 20.2. The summed E-state index contributed by atoms with van der Waals surface area (Å²) in [6.07, 6.45) is 1.70. The summed E-state index contributed by atoms with van der Waals surface area (Å²) in [4.78, 5) is 41.4. The van der Waals surface area contributed by atoms with Gasteiger partial charge in [0, 0.05) is 62.6 Å². The highest BCUT2D eigenvalue weighted by molar-refractivity contribution is 7.11. The number of hydrogen-bond acceptors (Lipinski definition) is 10. The van der Waals surface area contributed by atoms with Crippen molar-refractivity contribution < 1.29 is 23.8 Å². The van der Waals surface area contributed by atoms with Crippen LogP contribution in [0.3, 0.4) is 0 Å². The highest BCUT2D eigenvalue weighted by Crippen LogP contribution is 2.36. The first-order valence-corrected chi connectivity index (χ1v) is 14.8. The zero-order chi connectivity index (χ0) is 29.3. The van der Waals surface area contributed by atoms with E-state index in [0.717, 1.165) is 32.8 Å². The Hall–Kier alpha value is -3.19. The molecule has 1 aromatic heterocycles. The van der Waals surface area contributed by atoms with Crippen molar-refractivity contribution >= 4 is 29.1 Å². The number of thiazole rings is 1. The van der Waals surface area contributed by atoms with Crippen LogP contribution in [0, 0.1) is 18.2 Å². The molecule has 12 heteroatoms. The normalized spacial score (nSPS) is 22.3. The number of carboxylic acids is 1. The van der Waals surface area contributed by atoms with Crippen LogP contribution in [0.15, 0.2) is 46.0 Å². The van der Waals surface area contributed by atoms with Gasteiger partial charge in [-0.2, -0.15) is 0 Å². The lowest BCUT2D eigenvalue weighted by molar-refractivity contribution is -0.148. The van der Waals surface area contributed by atoms with E-state index in [1.54, 1.807) is 46.0 Å². The van der Waals surface area contributed by atoms with Gasteiger partial charge in [0.25, 0.3) is 0 Å². The SMILES string of the molecule is CCOC(=O)C1=C(CN2CCN3CN(CC(C)(C)C(=O)O)C[C@@H]3C2)NC(c2nccs2)=N[C@H]1c1cccc(F)c1C. The van der Waals surface area contributed by atoms with Gasteiger partial charge in [0.1, 0.15) is 11.9 Å². The zero-order valence-corrected chi connectivity index (χ0v) is 24.7. The smallest absolute Gasteiger partial charge is 0.338 e. The molecule has 2 saturated heterocycles. The molecule has 2 fully saturated rings. The number of carbonyl (C=O) groups excluding carboxylic acids is 1. The maximum absolute atomic E-state index is 14.7. The predicted molar refractivity (Wildman–Crippen MR) is 154 cm³/mol. The first-order valence-electron chi connectivity index (χ1n) is 13.9. The van der Waals surface area contributed by atoms with Gasteiger partial charge in [-0.1, -0.05) is 12.1 Å². The van der Waals surface area contributed by atoms with Crippen molar-refractivity contribution in [2.45, 2.75) is 39.8 Å².